The Kier molecular flexibility index (Phi) is 6.02. The van der Waals surface area contributed by atoms with Crippen LogP contribution in [0.2, 0.25) is 0 Å². The molecule has 4 rings (SSSR count). The zero-order chi connectivity index (χ0) is 22.9. The Morgan fingerprint density at radius 2 is 1.72 bits per heavy atom. The number of hydrogen-bond donors (Lipinski definition) is 1. The van der Waals surface area contributed by atoms with E-state index in [0.29, 0.717) is 23.6 Å². The Labute approximate surface area is 188 Å². The predicted octanol–water partition coefficient (Wildman–Crippen LogP) is 5.77. The Morgan fingerprint density at radius 3 is 2.25 bits per heavy atom. The first-order valence-electron chi connectivity index (χ1n) is 11.1. The third kappa shape index (κ3) is 3.89. The zero-order valence-corrected chi connectivity index (χ0v) is 18.8. The lowest BCUT2D eigenvalue weighted by Gasteiger charge is -2.16. The number of esters is 1. The molecule has 2 atom stereocenters. The van der Waals surface area contributed by atoms with Gasteiger partial charge in [-0.25, -0.2) is 0 Å². The van der Waals surface area contributed by atoms with Crippen molar-refractivity contribution in [3.05, 3.63) is 78.0 Å². The number of rotatable bonds is 8. The second-order valence-corrected chi connectivity index (χ2v) is 8.51. The van der Waals surface area contributed by atoms with Crippen molar-refractivity contribution in [1.82, 2.24) is 5.16 Å². The number of carbonyl (C=O) groups excluding carboxylic acids is 1. The summed E-state index contributed by atoms with van der Waals surface area (Å²) in [5.41, 5.74) is 4.91. The molecule has 0 bridgehead atoms. The molecule has 0 saturated heterocycles. The lowest BCUT2D eigenvalue weighted by Crippen LogP contribution is -2.23. The number of aliphatic hydroxyl groups excluding tert-OH is 1. The van der Waals surface area contributed by atoms with Crippen molar-refractivity contribution in [3.8, 4) is 22.5 Å². The largest absolute Gasteiger partial charge is 0.465 e. The van der Waals surface area contributed by atoms with E-state index in [9.17, 15) is 9.90 Å². The van der Waals surface area contributed by atoms with E-state index in [0.717, 1.165) is 35.1 Å². The molecule has 32 heavy (non-hydrogen) atoms. The van der Waals surface area contributed by atoms with Gasteiger partial charge in [0.1, 0.15) is 0 Å². The van der Waals surface area contributed by atoms with Gasteiger partial charge in [0.05, 0.1) is 29.4 Å². The van der Waals surface area contributed by atoms with Gasteiger partial charge in [0, 0.05) is 11.5 Å². The van der Waals surface area contributed by atoms with E-state index in [1.807, 2.05) is 69.3 Å². The van der Waals surface area contributed by atoms with Gasteiger partial charge < -0.3 is 14.4 Å². The number of benzene rings is 2. The van der Waals surface area contributed by atoms with E-state index in [2.05, 4.69) is 11.7 Å². The molecule has 1 N–H and O–H groups in total. The van der Waals surface area contributed by atoms with Gasteiger partial charge in [-0.15, -0.1) is 6.58 Å². The Balaban J connectivity index is 1.57. The second-order valence-electron chi connectivity index (χ2n) is 8.51. The van der Waals surface area contributed by atoms with Crippen molar-refractivity contribution >= 4 is 5.97 Å². The van der Waals surface area contributed by atoms with E-state index in [4.69, 9.17) is 9.26 Å². The molecule has 166 valence electrons. The van der Waals surface area contributed by atoms with E-state index in [1.165, 1.54) is 0 Å². The molecule has 1 heterocycles. The van der Waals surface area contributed by atoms with E-state index >= 15 is 0 Å². The molecule has 0 amide bonds. The Bertz CT molecular complexity index is 1110. The molecule has 0 spiro atoms. The fraction of sp³-hybridized carbons (Fsp3) is 0.333. The Morgan fingerprint density at radius 1 is 1.16 bits per heavy atom. The maximum Gasteiger partial charge on any atom is 0.316 e. The van der Waals surface area contributed by atoms with Crippen molar-refractivity contribution < 1.29 is 19.2 Å². The van der Waals surface area contributed by atoms with Crippen LogP contribution in [0.3, 0.4) is 0 Å². The first kappa shape index (κ1) is 22.0. The standard InChI is InChI=1S/C27H29NO4/c1-5-17(3)24(29)23-18(4)28-32-25(23)21-9-7-19(8-10-21)20-11-13-22(14-12-20)27(15-16-27)26(30)31-6-2/h5,7-14,17,24,29H,1,6,15-16H2,2-4H3. The minimum Gasteiger partial charge on any atom is -0.465 e. The maximum absolute atomic E-state index is 12.3. The molecule has 1 fully saturated rings. The number of aliphatic hydroxyl groups is 1. The molecule has 1 aliphatic carbocycles. The summed E-state index contributed by atoms with van der Waals surface area (Å²) >= 11 is 0. The van der Waals surface area contributed by atoms with Gasteiger partial charge in [-0.05, 0) is 43.4 Å². The Hall–Kier alpha value is -3.18. The third-order valence-corrected chi connectivity index (χ3v) is 6.41. The molecule has 0 radical (unpaired) electrons. The van der Waals surface area contributed by atoms with Crippen LogP contribution in [-0.4, -0.2) is 22.8 Å². The highest BCUT2D eigenvalue weighted by molar-refractivity contribution is 5.87. The zero-order valence-electron chi connectivity index (χ0n) is 18.8. The molecule has 5 nitrogen and oxygen atoms in total. The SMILES string of the molecule is C=CC(C)C(O)c1c(C)noc1-c1ccc(-c2ccc(C3(C(=O)OCC)CC3)cc2)cc1. The number of aromatic nitrogens is 1. The van der Waals surface area contributed by atoms with Crippen molar-refractivity contribution in [2.45, 2.75) is 45.1 Å². The molecule has 1 aromatic heterocycles. The lowest BCUT2D eigenvalue weighted by atomic mass is 9.92. The molecular weight excluding hydrogens is 402 g/mol. The van der Waals surface area contributed by atoms with E-state index < -0.39 is 11.5 Å². The highest BCUT2D eigenvalue weighted by atomic mass is 16.5. The average molecular weight is 432 g/mol. The molecule has 0 aliphatic heterocycles. The normalized spacial score (nSPS) is 16.2. The van der Waals surface area contributed by atoms with Gasteiger partial charge >= 0.3 is 5.97 Å². The average Bonchev–Trinajstić information content (AvgIpc) is 3.55. The highest BCUT2D eigenvalue weighted by Gasteiger charge is 2.52. The third-order valence-electron chi connectivity index (χ3n) is 6.41. The van der Waals surface area contributed by atoms with Crippen LogP contribution in [-0.2, 0) is 14.9 Å². The van der Waals surface area contributed by atoms with Crippen LogP contribution >= 0.6 is 0 Å². The maximum atomic E-state index is 12.3. The van der Waals surface area contributed by atoms with Gasteiger partial charge in [0.25, 0.3) is 0 Å². The van der Waals surface area contributed by atoms with Crippen LogP contribution < -0.4 is 0 Å². The molecule has 1 saturated carbocycles. The van der Waals surface area contributed by atoms with Crippen molar-refractivity contribution in [3.63, 3.8) is 0 Å². The van der Waals surface area contributed by atoms with Crippen molar-refractivity contribution in [2.75, 3.05) is 6.61 Å². The quantitative estimate of drug-likeness (QED) is 0.362. The van der Waals surface area contributed by atoms with Crippen LogP contribution in [0.25, 0.3) is 22.5 Å². The minimum absolute atomic E-state index is 0.117. The topological polar surface area (TPSA) is 72.6 Å². The lowest BCUT2D eigenvalue weighted by molar-refractivity contribution is -0.146. The summed E-state index contributed by atoms with van der Waals surface area (Å²) in [5.74, 6) is 0.341. The molecule has 3 aromatic rings. The predicted molar refractivity (Wildman–Crippen MR) is 124 cm³/mol. The summed E-state index contributed by atoms with van der Waals surface area (Å²) < 4.78 is 10.8. The number of nitrogens with zero attached hydrogens (tertiary/aromatic N) is 1. The molecule has 5 heteroatoms. The molecule has 1 aliphatic rings. The van der Waals surface area contributed by atoms with Crippen LogP contribution in [0.1, 0.15) is 49.6 Å². The van der Waals surface area contributed by atoms with Crippen LogP contribution in [0, 0.1) is 12.8 Å². The summed E-state index contributed by atoms with van der Waals surface area (Å²) in [7, 11) is 0. The summed E-state index contributed by atoms with van der Waals surface area (Å²) in [6, 6.07) is 16.1. The van der Waals surface area contributed by atoms with Crippen molar-refractivity contribution in [2.24, 2.45) is 5.92 Å². The highest BCUT2D eigenvalue weighted by Crippen LogP contribution is 2.49. The monoisotopic (exact) mass is 431 g/mol. The first-order valence-corrected chi connectivity index (χ1v) is 11.1. The van der Waals surface area contributed by atoms with Gasteiger partial charge in [-0.3, -0.25) is 4.79 Å². The number of ether oxygens (including phenoxy) is 1. The molecule has 2 aromatic carbocycles. The fourth-order valence-electron chi connectivity index (χ4n) is 4.13. The summed E-state index contributed by atoms with van der Waals surface area (Å²) in [5, 5.41) is 14.8. The summed E-state index contributed by atoms with van der Waals surface area (Å²) in [6.07, 6.45) is 2.68. The van der Waals surface area contributed by atoms with Crippen LogP contribution in [0.4, 0.5) is 0 Å². The van der Waals surface area contributed by atoms with Gasteiger partial charge in [0.15, 0.2) is 5.76 Å². The number of hydrogen-bond acceptors (Lipinski definition) is 5. The smallest absolute Gasteiger partial charge is 0.316 e. The summed E-state index contributed by atoms with van der Waals surface area (Å²) in [6.45, 7) is 9.76. The van der Waals surface area contributed by atoms with Gasteiger partial charge in [-0.1, -0.05) is 66.7 Å². The minimum atomic E-state index is -0.727. The van der Waals surface area contributed by atoms with E-state index in [-0.39, 0.29) is 11.9 Å². The van der Waals surface area contributed by atoms with Gasteiger partial charge in [0.2, 0.25) is 0 Å². The molecule has 2 unspecified atom stereocenters. The molecular formula is C27H29NO4. The van der Waals surface area contributed by atoms with Gasteiger partial charge in [-0.2, -0.15) is 0 Å². The number of carbonyl (C=O) groups is 1. The fourth-order valence-corrected chi connectivity index (χ4v) is 4.13. The first-order chi connectivity index (χ1) is 15.4. The van der Waals surface area contributed by atoms with E-state index in [1.54, 1.807) is 6.08 Å². The van der Waals surface area contributed by atoms with Crippen LogP contribution in [0.5, 0.6) is 0 Å². The second kappa shape index (κ2) is 8.75. The van der Waals surface area contributed by atoms with Crippen LogP contribution in [0.15, 0.2) is 65.7 Å². The summed E-state index contributed by atoms with van der Waals surface area (Å²) in [4.78, 5) is 12.3. The number of aryl methyl sites for hydroxylation is 1. The van der Waals surface area contributed by atoms with Crippen molar-refractivity contribution in [1.29, 1.82) is 0 Å².